The van der Waals surface area contributed by atoms with Gasteiger partial charge in [-0.15, -0.1) is 0 Å². The van der Waals surface area contributed by atoms with Gasteiger partial charge in [-0.2, -0.15) is 0 Å². The Morgan fingerprint density at radius 2 is 1.47 bits per heavy atom. The summed E-state index contributed by atoms with van der Waals surface area (Å²) >= 11 is 0. The van der Waals surface area contributed by atoms with E-state index in [1.165, 1.54) is 5.56 Å². The Bertz CT molecular complexity index is 328. The molecule has 19 heavy (non-hydrogen) atoms. The highest BCUT2D eigenvalue weighted by molar-refractivity contribution is 5.16. The van der Waals surface area contributed by atoms with Gasteiger partial charge in [0.1, 0.15) is 0 Å². The molecule has 1 N–H and O–H groups in total. The molecule has 1 aromatic rings. The molecule has 3 heteroatoms. The van der Waals surface area contributed by atoms with E-state index in [1.807, 2.05) is 40.8 Å². The standard InChI is InChI=1S/C16H27NO2/c1-12(2)18-16(19-13(3)4)15(17-5)11-14-9-7-6-8-10-14/h6-10,12-13,15-17H,11H2,1-5H3. The summed E-state index contributed by atoms with van der Waals surface area (Å²) in [6, 6.07) is 10.6. The molecule has 0 heterocycles. The second-order valence-electron chi connectivity index (χ2n) is 5.32. The van der Waals surface area contributed by atoms with Crippen molar-refractivity contribution >= 4 is 0 Å². The van der Waals surface area contributed by atoms with Gasteiger partial charge in [-0.3, -0.25) is 0 Å². The number of hydrogen-bond donors (Lipinski definition) is 1. The van der Waals surface area contributed by atoms with Gasteiger partial charge in [0.15, 0.2) is 6.29 Å². The van der Waals surface area contributed by atoms with Crippen molar-refractivity contribution in [1.29, 1.82) is 0 Å². The van der Waals surface area contributed by atoms with Crippen LogP contribution in [0.1, 0.15) is 33.3 Å². The molecular weight excluding hydrogens is 238 g/mol. The number of nitrogens with one attached hydrogen (secondary N) is 1. The van der Waals surface area contributed by atoms with Gasteiger partial charge in [-0.25, -0.2) is 0 Å². The lowest BCUT2D eigenvalue weighted by atomic mass is 10.1. The molecule has 0 aliphatic rings. The Balaban J connectivity index is 2.71. The fraction of sp³-hybridized carbons (Fsp3) is 0.625. The van der Waals surface area contributed by atoms with Crippen LogP contribution < -0.4 is 5.32 Å². The summed E-state index contributed by atoms with van der Waals surface area (Å²) in [6.45, 7) is 8.13. The molecule has 0 radical (unpaired) electrons. The van der Waals surface area contributed by atoms with E-state index in [1.54, 1.807) is 0 Å². The number of ether oxygens (including phenoxy) is 2. The van der Waals surface area contributed by atoms with Gasteiger partial charge >= 0.3 is 0 Å². The van der Waals surface area contributed by atoms with Crippen molar-refractivity contribution in [2.45, 2.75) is 58.7 Å². The summed E-state index contributed by atoms with van der Waals surface area (Å²) in [6.07, 6.45) is 0.956. The molecule has 0 aliphatic carbocycles. The van der Waals surface area contributed by atoms with E-state index in [2.05, 4.69) is 29.6 Å². The quantitative estimate of drug-likeness (QED) is 0.733. The van der Waals surface area contributed by atoms with Crippen LogP contribution in [-0.4, -0.2) is 31.6 Å². The number of rotatable bonds is 8. The van der Waals surface area contributed by atoms with Crippen LogP contribution in [0.5, 0.6) is 0 Å². The molecular formula is C16H27NO2. The summed E-state index contributed by atoms with van der Waals surface area (Å²) in [5, 5.41) is 3.31. The van der Waals surface area contributed by atoms with E-state index in [-0.39, 0.29) is 24.5 Å². The first-order valence-corrected chi connectivity index (χ1v) is 7.05. The highest BCUT2D eigenvalue weighted by atomic mass is 16.7. The van der Waals surface area contributed by atoms with Crippen LogP contribution in [0.3, 0.4) is 0 Å². The molecule has 1 rings (SSSR count). The van der Waals surface area contributed by atoms with Crippen LogP contribution in [-0.2, 0) is 15.9 Å². The Morgan fingerprint density at radius 3 is 1.89 bits per heavy atom. The minimum atomic E-state index is -0.231. The van der Waals surface area contributed by atoms with Crippen LogP contribution in [0.4, 0.5) is 0 Å². The van der Waals surface area contributed by atoms with E-state index < -0.39 is 0 Å². The molecule has 0 aliphatic heterocycles. The van der Waals surface area contributed by atoms with Crippen molar-refractivity contribution in [1.82, 2.24) is 5.32 Å². The van der Waals surface area contributed by atoms with Gasteiger partial charge in [-0.05, 0) is 46.7 Å². The van der Waals surface area contributed by atoms with Gasteiger partial charge in [0.25, 0.3) is 0 Å². The summed E-state index contributed by atoms with van der Waals surface area (Å²) < 4.78 is 11.8. The third kappa shape index (κ3) is 6.19. The topological polar surface area (TPSA) is 30.5 Å². The Kier molecular flexibility index (Phi) is 7.06. The molecule has 0 spiro atoms. The maximum Gasteiger partial charge on any atom is 0.173 e. The fourth-order valence-corrected chi connectivity index (χ4v) is 1.96. The van der Waals surface area contributed by atoms with E-state index >= 15 is 0 Å². The van der Waals surface area contributed by atoms with E-state index in [4.69, 9.17) is 9.47 Å². The van der Waals surface area contributed by atoms with E-state index in [0.717, 1.165) is 6.42 Å². The Labute approximate surface area is 117 Å². The van der Waals surface area contributed by atoms with E-state index in [0.29, 0.717) is 0 Å². The number of likely N-dealkylation sites (N-methyl/N-ethyl adjacent to an activating group) is 1. The van der Waals surface area contributed by atoms with Crippen LogP contribution in [0.2, 0.25) is 0 Å². The predicted molar refractivity (Wildman–Crippen MR) is 79.2 cm³/mol. The van der Waals surface area contributed by atoms with Gasteiger partial charge in [-0.1, -0.05) is 30.3 Å². The predicted octanol–water partition coefficient (Wildman–Crippen LogP) is 2.99. The average Bonchev–Trinajstić information content (AvgIpc) is 2.35. The van der Waals surface area contributed by atoms with Gasteiger partial charge in [0, 0.05) is 0 Å². The zero-order valence-corrected chi connectivity index (χ0v) is 12.7. The maximum absolute atomic E-state index is 5.90. The zero-order valence-electron chi connectivity index (χ0n) is 12.7. The van der Waals surface area contributed by atoms with Crippen molar-refractivity contribution in [2.75, 3.05) is 7.05 Å². The van der Waals surface area contributed by atoms with Crippen molar-refractivity contribution < 1.29 is 9.47 Å². The minimum Gasteiger partial charge on any atom is -0.348 e. The molecule has 1 unspecified atom stereocenters. The first-order chi connectivity index (χ1) is 9.02. The monoisotopic (exact) mass is 265 g/mol. The molecule has 1 atom stereocenters. The van der Waals surface area contributed by atoms with Gasteiger partial charge < -0.3 is 14.8 Å². The first-order valence-electron chi connectivity index (χ1n) is 7.05. The molecule has 0 saturated carbocycles. The second kappa shape index (κ2) is 8.31. The van der Waals surface area contributed by atoms with Crippen molar-refractivity contribution in [3.05, 3.63) is 35.9 Å². The zero-order chi connectivity index (χ0) is 14.3. The van der Waals surface area contributed by atoms with Crippen LogP contribution in [0, 0.1) is 0 Å². The van der Waals surface area contributed by atoms with Gasteiger partial charge in [0.05, 0.1) is 18.2 Å². The summed E-state index contributed by atoms with van der Waals surface area (Å²) in [5.41, 5.74) is 1.28. The minimum absolute atomic E-state index is 0.146. The highest BCUT2D eigenvalue weighted by Crippen LogP contribution is 2.13. The molecule has 1 aromatic carbocycles. The molecule has 0 bridgehead atoms. The molecule has 0 aromatic heterocycles. The van der Waals surface area contributed by atoms with Crippen LogP contribution in [0.15, 0.2) is 30.3 Å². The second-order valence-corrected chi connectivity index (χ2v) is 5.32. The van der Waals surface area contributed by atoms with Crippen molar-refractivity contribution in [3.8, 4) is 0 Å². The third-order valence-electron chi connectivity index (χ3n) is 2.81. The fourth-order valence-electron chi connectivity index (χ4n) is 1.96. The Morgan fingerprint density at radius 1 is 0.947 bits per heavy atom. The number of hydrogen-bond acceptors (Lipinski definition) is 3. The largest absolute Gasteiger partial charge is 0.348 e. The van der Waals surface area contributed by atoms with Crippen molar-refractivity contribution in [3.63, 3.8) is 0 Å². The van der Waals surface area contributed by atoms with E-state index in [9.17, 15) is 0 Å². The lowest BCUT2D eigenvalue weighted by Crippen LogP contribution is -2.45. The smallest absolute Gasteiger partial charge is 0.173 e. The average molecular weight is 265 g/mol. The summed E-state index contributed by atoms with van der Waals surface area (Å²) in [7, 11) is 1.95. The third-order valence-corrected chi connectivity index (χ3v) is 2.81. The summed E-state index contributed by atoms with van der Waals surface area (Å²) in [5.74, 6) is 0. The first kappa shape index (κ1) is 16.2. The molecule has 3 nitrogen and oxygen atoms in total. The molecule has 0 saturated heterocycles. The molecule has 108 valence electrons. The summed E-state index contributed by atoms with van der Waals surface area (Å²) in [4.78, 5) is 0. The normalized spacial score (nSPS) is 13.5. The van der Waals surface area contributed by atoms with Crippen molar-refractivity contribution in [2.24, 2.45) is 0 Å². The highest BCUT2D eigenvalue weighted by Gasteiger charge is 2.24. The van der Waals surface area contributed by atoms with Crippen LogP contribution in [0.25, 0.3) is 0 Å². The number of benzene rings is 1. The van der Waals surface area contributed by atoms with Crippen LogP contribution >= 0.6 is 0 Å². The molecule has 0 fully saturated rings. The lowest BCUT2D eigenvalue weighted by Gasteiger charge is -2.30. The Hall–Kier alpha value is -0.900. The molecule has 0 amide bonds. The maximum atomic E-state index is 5.90. The lowest BCUT2D eigenvalue weighted by molar-refractivity contribution is -0.194. The SMILES string of the molecule is CNC(Cc1ccccc1)C(OC(C)C)OC(C)C. The van der Waals surface area contributed by atoms with Gasteiger partial charge in [0.2, 0.25) is 0 Å².